The Balaban J connectivity index is 2.04. The molecule has 30 heavy (non-hydrogen) atoms. The van der Waals surface area contributed by atoms with Crippen LogP contribution in [0.5, 0.6) is 0 Å². The number of carbonyl (C=O) groups is 2. The van der Waals surface area contributed by atoms with Crippen molar-refractivity contribution in [1.29, 1.82) is 0 Å². The van der Waals surface area contributed by atoms with Crippen LogP contribution in [0.4, 0.5) is 0 Å². The number of aliphatic hydroxyl groups is 1. The Kier molecular flexibility index (Phi) is 6.90. The molecule has 0 bridgehead atoms. The lowest BCUT2D eigenvalue weighted by molar-refractivity contribution is -0.305. The number of hydrogen-bond acceptors (Lipinski definition) is 5. The van der Waals surface area contributed by atoms with Gasteiger partial charge in [0, 0.05) is 40.2 Å². The number of carboxylic acids is 2. The standard InChI is InChI=1S/C24H27NO5/c1-16-13-19-20(15-26)21(9-5-6-10-23(27)28)25(22(19)14-18(16)24(29)30)12-11-17-7-3-2-4-8-17/h2-4,7-8,13-14,26H,5-6,9-12,15H2,1H3,(H,27,28)(H,29,30)/p-2. The van der Waals surface area contributed by atoms with Gasteiger partial charge in [-0.15, -0.1) is 0 Å². The first-order valence-electron chi connectivity index (χ1n) is 10.1. The van der Waals surface area contributed by atoms with Gasteiger partial charge >= 0.3 is 0 Å². The van der Waals surface area contributed by atoms with E-state index in [1.54, 1.807) is 19.1 Å². The highest BCUT2D eigenvalue weighted by molar-refractivity contribution is 5.96. The Labute approximate surface area is 175 Å². The van der Waals surface area contributed by atoms with Crippen molar-refractivity contribution in [1.82, 2.24) is 4.57 Å². The Morgan fingerprint density at radius 3 is 2.40 bits per heavy atom. The number of aromatic carboxylic acids is 1. The lowest BCUT2D eigenvalue weighted by Gasteiger charge is -2.14. The second kappa shape index (κ2) is 9.59. The number of carboxylic acid groups (broad SMARTS) is 2. The van der Waals surface area contributed by atoms with E-state index < -0.39 is 11.9 Å². The molecule has 0 aliphatic carbocycles. The number of fused-ring (bicyclic) bond motifs is 1. The lowest BCUT2D eigenvalue weighted by Crippen LogP contribution is -2.23. The smallest absolute Gasteiger partial charge is 0.0718 e. The Hall–Kier alpha value is -3.12. The highest BCUT2D eigenvalue weighted by Crippen LogP contribution is 2.31. The number of aromatic nitrogens is 1. The molecule has 1 aromatic heterocycles. The van der Waals surface area contributed by atoms with E-state index >= 15 is 0 Å². The van der Waals surface area contributed by atoms with Crippen molar-refractivity contribution >= 4 is 22.8 Å². The van der Waals surface area contributed by atoms with Gasteiger partial charge in [-0.2, -0.15) is 0 Å². The van der Waals surface area contributed by atoms with Crippen LogP contribution < -0.4 is 10.2 Å². The maximum absolute atomic E-state index is 11.6. The van der Waals surface area contributed by atoms with Crippen molar-refractivity contribution in [2.45, 2.75) is 52.2 Å². The van der Waals surface area contributed by atoms with Gasteiger partial charge in [0.25, 0.3) is 0 Å². The summed E-state index contributed by atoms with van der Waals surface area (Å²) in [6.07, 6.45) is 2.45. The highest BCUT2D eigenvalue weighted by atomic mass is 16.4. The first-order chi connectivity index (χ1) is 14.4. The Morgan fingerprint density at radius 1 is 1.03 bits per heavy atom. The minimum Gasteiger partial charge on any atom is -0.550 e. The van der Waals surface area contributed by atoms with E-state index in [-0.39, 0.29) is 18.6 Å². The Morgan fingerprint density at radius 2 is 1.77 bits per heavy atom. The number of benzene rings is 2. The number of aliphatic hydroxyl groups excluding tert-OH is 1. The Bertz CT molecular complexity index is 1050. The molecule has 1 N–H and O–H groups in total. The molecule has 0 aliphatic rings. The van der Waals surface area contributed by atoms with Crippen LogP contribution in [-0.4, -0.2) is 21.6 Å². The second-order valence-electron chi connectivity index (χ2n) is 7.52. The predicted octanol–water partition coefficient (Wildman–Crippen LogP) is 1.51. The summed E-state index contributed by atoms with van der Waals surface area (Å²) in [5, 5.41) is 33.2. The molecule has 158 valence electrons. The molecule has 0 aliphatic heterocycles. The van der Waals surface area contributed by atoms with Crippen molar-refractivity contribution in [3.05, 3.63) is 70.4 Å². The fraction of sp³-hybridized carbons (Fsp3) is 0.333. The molecular formula is C24H25NO5-2. The van der Waals surface area contributed by atoms with Gasteiger partial charge in [0.15, 0.2) is 0 Å². The first-order valence-corrected chi connectivity index (χ1v) is 10.1. The summed E-state index contributed by atoms with van der Waals surface area (Å²) in [6, 6.07) is 13.4. The summed E-state index contributed by atoms with van der Waals surface area (Å²) < 4.78 is 2.05. The fourth-order valence-corrected chi connectivity index (χ4v) is 4.01. The van der Waals surface area contributed by atoms with Crippen molar-refractivity contribution in [2.24, 2.45) is 0 Å². The van der Waals surface area contributed by atoms with Gasteiger partial charge in [-0.05, 0) is 62.3 Å². The topological polar surface area (TPSA) is 105 Å². The van der Waals surface area contributed by atoms with E-state index in [4.69, 9.17) is 0 Å². The molecule has 0 atom stereocenters. The van der Waals surface area contributed by atoms with Crippen LogP contribution >= 0.6 is 0 Å². The molecule has 0 radical (unpaired) electrons. The summed E-state index contributed by atoms with van der Waals surface area (Å²) >= 11 is 0. The van der Waals surface area contributed by atoms with Crippen LogP contribution in [0.2, 0.25) is 0 Å². The average molecular weight is 407 g/mol. The van der Waals surface area contributed by atoms with E-state index in [1.165, 1.54) is 0 Å². The van der Waals surface area contributed by atoms with E-state index in [2.05, 4.69) is 4.57 Å². The van der Waals surface area contributed by atoms with Crippen LogP contribution in [0.15, 0.2) is 42.5 Å². The minimum atomic E-state index is -1.23. The molecule has 0 spiro atoms. The third-order valence-electron chi connectivity index (χ3n) is 5.52. The van der Waals surface area contributed by atoms with Crippen LogP contribution in [0, 0.1) is 6.92 Å². The van der Waals surface area contributed by atoms with Gasteiger partial charge in [0.05, 0.1) is 12.6 Å². The molecule has 3 aromatic rings. The molecule has 0 unspecified atom stereocenters. The van der Waals surface area contributed by atoms with Gasteiger partial charge in [0.2, 0.25) is 0 Å². The lowest BCUT2D eigenvalue weighted by atomic mass is 10.0. The van der Waals surface area contributed by atoms with Gasteiger partial charge in [-0.3, -0.25) is 0 Å². The van der Waals surface area contributed by atoms with Crippen LogP contribution in [0.25, 0.3) is 10.9 Å². The highest BCUT2D eigenvalue weighted by Gasteiger charge is 2.18. The molecule has 3 rings (SSSR count). The number of nitrogens with zero attached hydrogens (tertiary/aromatic N) is 1. The number of carbonyl (C=O) groups excluding carboxylic acids is 2. The maximum atomic E-state index is 11.6. The zero-order chi connectivity index (χ0) is 21.7. The minimum absolute atomic E-state index is 0.00730. The third kappa shape index (κ3) is 4.71. The summed E-state index contributed by atoms with van der Waals surface area (Å²) in [5.74, 6) is -2.30. The van der Waals surface area contributed by atoms with E-state index in [0.29, 0.717) is 31.4 Å². The number of unbranched alkanes of at least 4 members (excludes halogenated alkanes) is 1. The molecule has 0 saturated carbocycles. The van der Waals surface area contributed by atoms with Crippen molar-refractivity contribution < 1.29 is 24.9 Å². The number of aliphatic carboxylic acids is 1. The number of hydrogen-bond donors (Lipinski definition) is 1. The SMILES string of the molecule is Cc1cc2c(CO)c(CCCCC(=O)[O-])n(CCc3ccccc3)c2cc1C(=O)[O-]. The molecule has 0 fully saturated rings. The molecule has 6 heteroatoms. The van der Waals surface area contributed by atoms with Crippen LogP contribution in [0.1, 0.15) is 52.0 Å². The zero-order valence-corrected chi connectivity index (χ0v) is 17.0. The van der Waals surface area contributed by atoms with Crippen molar-refractivity contribution in [3.8, 4) is 0 Å². The van der Waals surface area contributed by atoms with E-state index in [9.17, 15) is 24.9 Å². The van der Waals surface area contributed by atoms with Gasteiger partial charge in [0.1, 0.15) is 0 Å². The summed E-state index contributed by atoms with van der Waals surface area (Å²) in [6.45, 7) is 2.16. The fourth-order valence-electron chi connectivity index (χ4n) is 4.01. The number of aryl methyl sites for hydroxylation is 3. The van der Waals surface area contributed by atoms with Crippen molar-refractivity contribution in [3.63, 3.8) is 0 Å². The van der Waals surface area contributed by atoms with Crippen LogP contribution in [-0.2, 0) is 30.8 Å². The largest absolute Gasteiger partial charge is 0.550 e. The van der Waals surface area contributed by atoms with Gasteiger partial charge in [-0.1, -0.05) is 30.3 Å². The molecule has 2 aromatic carbocycles. The average Bonchev–Trinajstić information content (AvgIpc) is 3.00. The molecule has 1 heterocycles. The molecule has 0 saturated heterocycles. The van der Waals surface area contributed by atoms with Crippen molar-refractivity contribution in [2.75, 3.05) is 0 Å². The second-order valence-corrected chi connectivity index (χ2v) is 7.52. The summed E-state index contributed by atoms with van der Waals surface area (Å²) in [7, 11) is 0. The number of rotatable bonds is 10. The van der Waals surface area contributed by atoms with Gasteiger partial charge < -0.3 is 29.5 Å². The maximum Gasteiger partial charge on any atom is 0.0718 e. The molecule has 6 nitrogen and oxygen atoms in total. The monoisotopic (exact) mass is 407 g/mol. The predicted molar refractivity (Wildman–Crippen MR) is 110 cm³/mol. The molecular weight excluding hydrogens is 382 g/mol. The quantitative estimate of drug-likeness (QED) is 0.513. The normalized spacial score (nSPS) is 11.1. The van der Waals surface area contributed by atoms with E-state index in [0.717, 1.165) is 34.1 Å². The summed E-state index contributed by atoms with van der Waals surface area (Å²) in [5.41, 5.74) is 4.29. The molecule has 0 amide bonds. The summed E-state index contributed by atoms with van der Waals surface area (Å²) in [4.78, 5) is 22.3. The van der Waals surface area contributed by atoms with E-state index in [1.807, 2.05) is 30.3 Å². The van der Waals surface area contributed by atoms with Gasteiger partial charge in [-0.25, -0.2) is 0 Å². The first kappa shape index (κ1) is 21.6. The zero-order valence-electron chi connectivity index (χ0n) is 17.0. The third-order valence-corrected chi connectivity index (χ3v) is 5.52. The van der Waals surface area contributed by atoms with Crippen LogP contribution in [0.3, 0.4) is 0 Å².